The second kappa shape index (κ2) is 6.02. The van der Waals surface area contributed by atoms with E-state index < -0.39 is 33.2 Å². The lowest BCUT2D eigenvalue weighted by Gasteiger charge is -2.29. The standard InChI is InChI=1S/C19H17NO6S/c1-19(2,3)20-16(21)14-9-8-13(10-15(14)17(20)22)27(25,26)12-6-4-11(5-7-12)18(23)24/h4-10H,1-3H3,(H,23,24)/p-1. The molecule has 2 aromatic carbocycles. The van der Waals surface area contributed by atoms with Gasteiger partial charge in [-0.15, -0.1) is 0 Å². The van der Waals surface area contributed by atoms with Gasteiger partial charge in [-0.1, -0.05) is 12.1 Å². The summed E-state index contributed by atoms with van der Waals surface area (Å²) in [5.74, 6) is -2.43. The molecule has 1 aliphatic rings. The van der Waals surface area contributed by atoms with Gasteiger partial charge in [0.15, 0.2) is 0 Å². The van der Waals surface area contributed by atoms with Crippen LogP contribution in [0.3, 0.4) is 0 Å². The minimum absolute atomic E-state index is 0.0300. The Morgan fingerprint density at radius 2 is 1.41 bits per heavy atom. The topological polar surface area (TPSA) is 112 Å². The number of aromatic carboxylic acids is 1. The van der Waals surface area contributed by atoms with E-state index in [4.69, 9.17) is 0 Å². The Hall–Kier alpha value is -3.00. The minimum Gasteiger partial charge on any atom is -0.545 e. The number of carbonyl (C=O) groups excluding carboxylic acids is 3. The van der Waals surface area contributed by atoms with Crippen molar-refractivity contribution in [2.75, 3.05) is 0 Å². The Balaban J connectivity index is 2.06. The van der Waals surface area contributed by atoms with Crippen LogP contribution in [0.5, 0.6) is 0 Å². The Kier molecular flexibility index (Phi) is 4.19. The molecular weight excluding hydrogens is 370 g/mol. The van der Waals surface area contributed by atoms with Gasteiger partial charge < -0.3 is 9.90 Å². The highest BCUT2D eigenvalue weighted by Crippen LogP contribution is 2.32. The molecule has 0 unspecified atom stereocenters. The number of hydrogen-bond donors (Lipinski definition) is 0. The molecule has 2 aromatic rings. The summed E-state index contributed by atoms with van der Waals surface area (Å²) in [5.41, 5.74) is -0.708. The fraction of sp³-hybridized carbons (Fsp3) is 0.211. The number of benzene rings is 2. The number of nitrogens with zero attached hydrogens (tertiary/aromatic N) is 1. The molecule has 0 saturated heterocycles. The molecule has 0 radical (unpaired) electrons. The van der Waals surface area contributed by atoms with Crippen LogP contribution in [0.15, 0.2) is 52.3 Å². The smallest absolute Gasteiger partial charge is 0.262 e. The summed E-state index contributed by atoms with van der Waals surface area (Å²) in [4.78, 5) is 36.7. The molecule has 0 aromatic heterocycles. The number of hydrogen-bond acceptors (Lipinski definition) is 6. The van der Waals surface area contributed by atoms with Gasteiger partial charge in [0.25, 0.3) is 11.8 Å². The predicted octanol–water partition coefficient (Wildman–Crippen LogP) is 1.28. The molecule has 8 heteroatoms. The Morgan fingerprint density at radius 1 is 0.889 bits per heavy atom. The van der Waals surface area contributed by atoms with Gasteiger partial charge in [-0.3, -0.25) is 14.5 Å². The van der Waals surface area contributed by atoms with E-state index >= 15 is 0 Å². The highest BCUT2D eigenvalue weighted by Gasteiger charge is 2.42. The first-order chi connectivity index (χ1) is 12.4. The monoisotopic (exact) mass is 386 g/mol. The molecule has 3 rings (SSSR count). The number of rotatable bonds is 3. The highest BCUT2D eigenvalue weighted by molar-refractivity contribution is 7.91. The van der Waals surface area contributed by atoms with Crippen LogP contribution in [-0.2, 0) is 9.84 Å². The van der Waals surface area contributed by atoms with E-state index in [2.05, 4.69) is 0 Å². The minimum atomic E-state index is -3.99. The number of fused-ring (bicyclic) bond motifs is 1. The Labute approximate surface area is 156 Å². The second-order valence-electron chi connectivity index (χ2n) is 7.14. The number of carboxylic acids is 1. The zero-order valence-electron chi connectivity index (χ0n) is 14.8. The van der Waals surface area contributed by atoms with Crippen LogP contribution in [0.25, 0.3) is 0 Å². The normalized spacial score (nSPS) is 14.4. The molecule has 0 fully saturated rings. The van der Waals surface area contributed by atoms with Crippen LogP contribution in [0.4, 0.5) is 0 Å². The lowest BCUT2D eigenvalue weighted by atomic mass is 10.1. The molecular formula is C19H16NO6S-. The fourth-order valence-corrected chi connectivity index (χ4v) is 4.19. The molecule has 0 spiro atoms. The van der Waals surface area contributed by atoms with Crippen molar-refractivity contribution < 1.29 is 27.9 Å². The Bertz CT molecular complexity index is 1080. The van der Waals surface area contributed by atoms with Crippen molar-refractivity contribution in [1.29, 1.82) is 0 Å². The lowest BCUT2D eigenvalue weighted by Crippen LogP contribution is -2.45. The molecule has 1 aliphatic heterocycles. The van der Waals surface area contributed by atoms with E-state index in [0.29, 0.717) is 0 Å². The van der Waals surface area contributed by atoms with Crippen molar-refractivity contribution in [1.82, 2.24) is 4.90 Å². The fourth-order valence-electron chi connectivity index (χ4n) is 2.90. The van der Waals surface area contributed by atoms with Gasteiger partial charge in [-0.25, -0.2) is 8.42 Å². The third-order valence-corrected chi connectivity index (χ3v) is 6.01. The first-order valence-electron chi connectivity index (χ1n) is 8.04. The summed E-state index contributed by atoms with van der Waals surface area (Å²) in [5, 5.41) is 10.8. The molecule has 0 N–H and O–H groups in total. The van der Waals surface area contributed by atoms with Gasteiger partial charge >= 0.3 is 0 Å². The molecule has 0 aliphatic carbocycles. The largest absolute Gasteiger partial charge is 0.545 e. The molecule has 140 valence electrons. The van der Waals surface area contributed by atoms with E-state index in [9.17, 15) is 27.9 Å². The van der Waals surface area contributed by atoms with Crippen molar-refractivity contribution >= 4 is 27.6 Å². The van der Waals surface area contributed by atoms with Gasteiger partial charge in [0.1, 0.15) is 0 Å². The molecule has 0 bridgehead atoms. The number of carbonyl (C=O) groups is 3. The van der Waals surface area contributed by atoms with Crippen LogP contribution >= 0.6 is 0 Å². The zero-order chi connectivity index (χ0) is 20.1. The summed E-state index contributed by atoms with van der Waals surface area (Å²) in [6, 6.07) is 8.34. The van der Waals surface area contributed by atoms with Crippen LogP contribution in [0, 0.1) is 0 Å². The maximum Gasteiger partial charge on any atom is 0.262 e. The average molecular weight is 386 g/mol. The molecule has 1 heterocycles. The van der Waals surface area contributed by atoms with Gasteiger partial charge in [-0.05, 0) is 56.7 Å². The molecule has 2 amide bonds. The molecule has 7 nitrogen and oxygen atoms in total. The van der Waals surface area contributed by atoms with Crippen LogP contribution < -0.4 is 5.11 Å². The van der Waals surface area contributed by atoms with Crippen molar-refractivity contribution in [3.63, 3.8) is 0 Å². The number of imide groups is 1. The quantitative estimate of drug-likeness (QED) is 0.735. The number of carboxylic acid groups (broad SMARTS) is 1. The summed E-state index contributed by atoms with van der Waals surface area (Å²) in [7, 11) is -3.99. The van der Waals surface area contributed by atoms with E-state index in [1.807, 2.05) is 0 Å². The number of amides is 2. The molecule has 0 atom stereocenters. The maximum atomic E-state index is 12.8. The zero-order valence-corrected chi connectivity index (χ0v) is 15.7. The van der Waals surface area contributed by atoms with Gasteiger partial charge in [0.05, 0.1) is 26.9 Å². The maximum absolute atomic E-state index is 12.8. The van der Waals surface area contributed by atoms with E-state index in [1.165, 1.54) is 18.2 Å². The average Bonchev–Trinajstić information content (AvgIpc) is 2.85. The van der Waals surface area contributed by atoms with Crippen molar-refractivity contribution in [3.8, 4) is 0 Å². The summed E-state index contributed by atoms with van der Waals surface area (Å²) in [6.07, 6.45) is 0. The van der Waals surface area contributed by atoms with Crippen molar-refractivity contribution in [2.24, 2.45) is 0 Å². The van der Waals surface area contributed by atoms with Crippen molar-refractivity contribution in [2.45, 2.75) is 36.1 Å². The lowest BCUT2D eigenvalue weighted by molar-refractivity contribution is -0.255. The van der Waals surface area contributed by atoms with Gasteiger partial charge in [0, 0.05) is 5.54 Å². The Morgan fingerprint density at radius 3 is 1.93 bits per heavy atom. The highest BCUT2D eigenvalue weighted by atomic mass is 32.2. The van der Waals surface area contributed by atoms with Crippen LogP contribution in [0.1, 0.15) is 51.8 Å². The molecule has 0 saturated carbocycles. The van der Waals surface area contributed by atoms with Gasteiger partial charge in [0.2, 0.25) is 9.84 Å². The predicted molar refractivity (Wildman–Crippen MR) is 92.9 cm³/mol. The third kappa shape index (κ3) is 3.02. The summed E-state index contributed by atoms with van der Waals surface area (Å²) in [6.45, 7) is 5.14. The van der Waals surface area contributed by atoms with E-state index in [-0.39, 0.29) is 26.5 Å². The molecule has 27 heavy (non-hydrogen) atoms. The number of sulfone groups is 1. The van der Waals surface area contributed by atoms with Crippen LogP contribution in [-0.4, -0.2) is 36.6 Å². The third-order valence-electron chi connectivity index (χ3n) is 4.24. The van der Waals surface area contributed by atoms with Crippen LogP contribution in [0.2, 0.25) is 0 Å². The first-order valence-corrected chi connectivity index (χ1v) is 9.52. The summed E-state index contributed by atoms with van der Waals surface area (Å²) < 4.78 is 25.6. The van der Waals surface area contributed by atoms with E-state index in [1.54, 1.807) is 20.8 Å². The summed E-state index contributed by atoms with van der Waals surface area (Å²) >= 11 is 0. The second-order valence-corrected chi connectivity index (χ2v) is 9.09. The SMILES string of the molecule is CC(C)(C)N1C(=O)c2ccc(S(=O)(=O)c3ccc(C(=O)[O-])cc3)cc2C1=O. The van der Waals surface area contributed by atoms with Crippen molar-refractivity contribution in [3.05, 3.63) is 59.2 Å². The van der Waals surface area contributed by atoms with E-state index in [0.717, 1.165) is 29.2 Å². The van der Waals surface area contributed by atoms with Gasteiger partial charge in [-0.2, -0.15) is 0 Å². The first kappa shape index (κ1) is 18.8.